The molecule has 0 radical (unpaired) electrons. The van der Waals surface area contributed by atoms with E-state index in [9.17, 15) is 22.4 Å². The zero-order chi connectivity index (χ0) is 19.4. The van der Waals surface area contributed by atoms with E-state index in [1.807, 2.05) is 5.48 Å². The fourth-order valence-corrected chi connectivity index (χ4v) is 2.06. The number of aliphatic hydroxyl groups excluding tert-OH is 1. The molecule has 0 fully saturated rings. The lowest BCUT2D eigenvalue weighted by Gasteiger charge is -2.16. The lowest BCUT2D eigenvalue weighted by atomic mass is 10.1. The third kappa shape index (κ3) is 4.43. The molecule has 0 aromatic heterocycles. The third-order valence-electron chi connectivity index (χ3n) is 3.21. The van der Waals surface area contributed by atoms with Gasteiger partial charge in [0.2, 0.25) is 0 Å². The van der Waals surface area contributed by atoms with Crippen molar-refractivity contribution in [1.29, 1.82) is 0 Å². The molecule has 1 unspecified atom stereocenters. The summed E-state index contributed by atoms with van der Waals surface area (Å²) in [5.74, 6) is -5.99. The van der Waals surface area contributed by atoms with Crippen LogP contribution >= 0.6 is 11.6 Å². The van der Waals surface area contributed by atoms with Gasteiger partial charge in [0.1, 0.15) is 17.7 Å². The average molecular weight is 393 g/mol. The van der Waals surface area contributed by atoms with Crippen molar-refractivity contribution < 1.29 is 32.3 Å². The Labute approximate surface area is 150 Å². The first kappa shape index (κ1) is 20.0. The summed E-state index contributed by atoms with van der Waals surface area (Å²) in [6.45, 7) is 1.02. The van der Waals surface area contributed by atoms with Crippen molar-refractivity contribution in [2.75, 3.05) is 11.9 Å². The van der Waals surface area contributed by atoms with Crippen molar-refractivity contribution in [3.05, 3.63) is 58.1 Å². The van der Waals surface area contributed by atoms with Crippen molar-refractivity contribution in [1.82, 2.24) is 5.48 Å². The van der Waals surface area contributed by atoms with Gasteiger partial charge in [0.05, 0.1) is 28.6 Å². The van der Waals surface area contributed by atoms with Crippen LogP contribution in [0.3, 0.4) is 0 Å². The number of rotatable bonds is 6. The maximum Gasteiger partial charge on any atom is 0.277 e. The van der Waals surface area contributed by atoms with Crippen LogP contribution in [0.15, 0.2) is 24.3 Å². The molecule has 140 valence electrons. The summed E-state index contributed by atoms with van der Waals surface area (Å²) in [4.78, 5) is 17.0. The molecule has 5 nitrogen and oxygen atoms in total. The monoisotopic (exact) mass is 392 g/mol. The zero-order valence-corrected chi connectivity index (χ0v) is 14.0. The van der Waals surface area contributed by atoms with Gasteiger partial charge in [-0.25, -0.2) is 23.0 Å². The summed E-state index contributed by atoms with van der Waals surface area (Å²) in [5.41, 5.74) is 0.311. The Morgan fingerprint density at radius 2 is 1.92 bits per heavy atom. The number of aliphatic hydroxyl groups is 1. The summed E-state index contributed by atoms with van der Waals surface area (Å²) >= 11 is 5.55. The molecule has 0 aliphatic carbocycles. The van der Waals surface area contributed by atoms with Gasteiger partial charge in [-0.3, -0.25) is 9.63 Å². The lowest BCUT2D eigenvalue weighted by Crippen LogP contribution is -2.30. The van der Waals surface area contributed by atoms with Crippen LogP contribution in [0.1, 0.15) is 17.3 Å². The first-order valence-electron chi connectivity index (χ1n) is 7.21. The maximum absolute atomic E-state index is 14.3. The Morgan fingerprint density at radius 3 is 2.54 bits per heavy atom. The molecular weight excluding hydrogens is 380 g/mol. The van der Waals surface area contributed by atoms with E-state index >= 15 is 0 Å². The number of nitrogens with one attached hydrogen (secondary N) is 2. The summed E-state index contributed by atoms with van der Waals surface area (Å²) in [5, 5.41) is 10.4. The Bertz CT molecular complexity index is 836. The number of hydrogen-bond acceptors (Lipinski definition) is 4. The molecule has 2 aromatic rings. The van der Waals surface area contributed by atoms with E-state index in [0.29, 0.717) is 6.07 Å². The molecule has 0 aliphatic rings. The van der Waals surface area contributed by atoms with Crippen molar-refractivity contribution in [2.24, 2.45) is 0 Å². The maximum atomic E-state index is 14.3. The molecule has 0 aliphatic heterocycles. The molecule has 26 heavy (non-hydrogen) atoms. The minimum Gasteiger partial charge on any atom is -0.394 e. The normalized spacial score (nSPS) is 12.0. The highest BCUT2D eigenvalue weighted by Crippen LogP contribution is 2.32. The molecule has 1 atom stereocenters. The van der Waals surface area contributed by atoms with Gasteiger partial charge in [0.15, 0.2) is 11.6 Å². The van der Waals surface area contributed by atoms with Gasteiger partial charge in [-0.2, -0.15) is 0 Å². The topological polar surface area (TPSA) is 70.6 Å². The Balaban J connectivity index is 2.43. The summed E-state index contributed by atoms with van der Waals surface area (Å²) < 4.78 is 54.8. The van der Waals surface area contributed by atoms with Crippen LogP contribution in [0.2, 0.25) is 5.02 Å². The van der Waals surface area contributed by atoms with Crippen molar-refractivity contribution in [2.45, 2.75) is 13.0 Å². The molecule has 10 heteroatoms. The average Bonchev–Trinajstić information content (AvgIpc) is 2.61. The standard InChI is InChI=1S/C16H13ClF4N2O3/c1-7(6-24)26-23-16(25)9-5-10(17)13(20)14(21)15(9)22-12-3-2-8(18)4-11(12)19/h2-5,7,22,24H,6H2,1H3,(H,23,25). The fraction of sp³-hybridized carbons (Fsp3) is 0.188. The summed E-state index contributed by atoms with van der Waals surface area (Å²) in [6, 6.07) is 3.17. The van der Waals surface area contributed by atoms with Crippen LogP contribution in [-0.2, 0) is 4.84 Å². The van der Waals surface area contributed by atoms with E-state index in [2.05, 4.69) is 5.32 Å². The number of halogens is 5. The Kier molecular flexibility index (Phi) is 6.41. The Hall–Kier alpha value is -2.36. The van der Waals surface area contributed by atoms with E-state index in [-0.39, 0.29) is 0 Å². The number of anilines is 2. The lowest BCUT2D eigenvalue weighted by molar-refractivity contribution is -0.0304. The molecule has 0 heterocycles. The van der Waals surface area contributed by atoms with E-state index < -0.39 is 63.8 Å². The van der Waals surface area contributed by atoms with Crippen LogP contribution in [-0.4, -0.2) is 23.7 Å². The van der Waals surface area contributed by atoms with Crippen LogP contribution in [0, 0.1) is 23.3 Å². The predicted molar refractivity (Wildman–Crippen MR) is 86.1 cm³/mol. The highest BCUT2D eigenvalue weighted by Gasteiger charge is 2.23. The second-order valence-corrected chi connectivity index (χ2v) is 5.61. The van der Waals surface area contributed by atoms with Gasteiger partial charge >= 0.3 is 0 Å². The summed E-state index contributed by atoms with van der Waals surface area (Å²) in [7, 11) is 0. The molecular formula is C16H13ClF4N2O3. The van der Waals surface area contributed by atoms with Gasteiger partial charge in [0, 0.05) is 6.07 Å². The first-order valence-corrected chi connectivity index (χ1v) is 7.58. The molecule has 2 aromatic carbocycles. The molecule has 2 rings (SSSR count). The van der Waals surface area contributed by atoms with Gasteiger partial charge < -0.3 is 10.4 Å². The van der Waals surface area contributed by atoms with Crippen LogP contribution in [0.25, 0.3) is 0 Å². The minimum absolute atomic E-state index is 0.397. The number of hydrogen-bond donors (Lipinski definition) is 3. The summed E-state index contributed by atoms with van der Waals surface area (Å²) in [6.07, 6.45) is -0.773. The van der Waals surface area contributed by atoms with Gasteiger partial charge in [-0.15, -0.1) is 0 Å². The van der Waals surface area contributed by atoms with E-state index in [4.69, 9.17) is 21.5 Å². The Morgan fingerprint density at radius 1 is 1.23 bits per heavy atom. The highest BCUT2D eigenvalue weighted by atomic mass is 35.5. The second kappa shape index (κ2) is 8.35. The smallest absolute Gasteiger partial charge is 0.277 e. The quantitative estimate of drug-likeness (QED) is 0.398. The number of carbonyl (C=O) groups is 1. The van der Waals surface area contributed by atoms with Crippen LogP contribution < -0.4 is 10.8 Å². The number of amides is 1. The van der Waals surface area contributed by atoms with Crippen molar-refractivity contribution in [3.63, 3.8) is 0 Å². The van der Waals surface area contributed by atoms with Gasteiger partial charge in [0.25, 0.3) is 5.91 Å². The molecule has 0 saturated heterocycles. The van der Waals surface area contributed by atoms with E-state index in [1.54, 1.807) is 0 Å². The van der Waals surface area contributed by atoms with E-state index in [0.717, 1.165) is 18.2 Å². The molecule has 3 N–H and O–H groups in total. The van der Waals surface area contributed by atoms with Gasteiger partial charge in [-0.05, 0) is 25.1 Å². The van der Waals surface area contributed by atoms with Crippen LogP contribution in [0.4, 0.5) is 28.9 Å². The molecule has 1 amide bonds. The largest absolute Gasteiger partial charge is 0.394 e. The zero-order valence-electron chi connectivity index (χ0n) is 13.2. The molecule has 0 bridgehead atoms. The number of hydroxylamine groups is 1. The van der Waals surface area contributed by atoms with Crippen molar-refractivity contribution in [3.8, 4) is 0 Å². The van der Waals surface area contributed by atoms with Gasteiger partial charge in [-0.1, -0.05) is 11.6 Å². The first-order chi connectivity index (χ1) is 12.2. The molecule has 0 spiro atoms. The number of benzene rings is 2. The second-order valence-electron chi connectivity index (χ2n) is 5.20. The SMILES string of the molecule is CC(CO)ONC(=O)c1cc(Cl)c(F)c(F)c1Nc1ccc(F)cc1F. The fourth-order valence-electron chi connectivity index (χ4n) is 1.87. The minimum atomic E-state index is -1.54. The van der Waals surface area contributed by atoms with Crippen molar-refractivity contribution >= 4 is 28.9 Å². The van der Waals surface area contributed by atoms with E-state index in [1.165, 1.54) is 6.92 Å². The molecule has 0 saturated carbocycles. The third-order valence-corrected chi connectivity index (χ3v) is 3.48. The predicted octanol–water partition coefficient (Wildman–Crippen LogP) is 3.68. The number of carbonyl (C=O) groups excluding carboxylic acids is 1. The highest BCUT2D eigenvalue weighted by molar-refractivity contribution is 6.31. The van der Waals surface area contributed by atoms with Crippen LogP contribution in [0.5, 0.6) is 0 Å².